The van der Waals surface area contributed by atoms with Crippen LogP contribution in [0.4, 0.5) is 4.39 Å². The van der Waals surface area contributed by atoms with Gasteiger partial charge in [-0.25, -0.2) is 10.8 Å². The largest absolute Gasteiger partial charge is 0.298 e. The van der Waals surface area contributed by atoms with Crippen LogP contribution >= 0.6 is 0 Å². The van der Waals surface area contributed by atoms with Crippen LogP contribution in [-0.4, -0.2) is 17.2 Å². The number of aromatic nitrogens is 1. The molecule has 0 saturated carbocycles. The van der Waals surface area contributed by atoms with Gasteiger partial charge in [-0.05, 0) is 6.07 Å². The van der Waals surface area contributed by atoms with Gasteiger partial charge in [0, 0.05) is 6.20 Å². The van der Waals surface area contributed by atoms with E-state index in [1.54, 1.807) is 5.43 Å². The molecule has 0 aliphatic rings. The molecule has 0 bridgehead atoms. The van der Waals surface area contributed by atoms with Crippen LogP contribution < -0.4 is 11.3 Å². The molecule has 0 atom stereocenters. The van der Waals surface area contributed by atoms with E-state index in [-0.39, 0.29) is 11.8 Å². The van der Waals surface area contributed by atoms with Gasteiger partial charge in [-0.1, -0.05) is 0 Å². The van der Waals surface area contributed by atoms with Gasteiger partial charge in [0.05, 0.1) is 11.1 Å². The van der Waals surface area contributed by atoms with E-state index in [2.05, 4.69) is 4.98 Å². The highest BCUT2D eigenvalue weighted by atomic mass is 19.1. The Bertz CT molecular complexity index is 354. The summed E-state index contributed by atoms with van der Waals surface area (Å²) in [5, 5.41) is 0. The van der Waals surface area contributed by atoms with Crippen LogP contribution in [0, 0.1) is 5.95 Å². The molecule has 1 aromatic rings. The first-order chi connectivity index (χ1) is 6.20. The molecule has 3 N–H and O–H groups in total. The summed E-state index contributed by atoms with van der Waals surface area (Å²) in [4.78, 5) is 24.5. The van der Waals surface area contributed by atoms with Crippen LogP contribution in [0.1, 0.15) is 20.7 Å². The van der Waals surface area contributed by atoms with Gasteiger partial charge in [-0.15, -0.1) is 0 Å². The third kappa shape index (κ3) is 1.67. The molecule has 0 unspecified atom stereocenters. The fourth-order valence-electron chi connectivity index (χ4n) is 0.836. The maximum absolute atomic E-state index is 12.8. The van der Waals surface area contributed by atoms with E-state index < -0.39 is 17.4 Å². The summed E-state index contributed by atoms with van der Waals surface area (Å²) in [5.41, 5.74) is 1.26. The molecular formula is C7H6FN3O2. The second-order valence-electron chi connectivity index (χ2n) is 2.15. The average molecular weight is 183 g/mol. The molecule has 1 rings (SSSR count). The van der Waals surface area contributed by atoms with E-state index in [9.17, 15) is 14.0 Å². The maximum Gasteiger partial charge on any atom is 0.266 e. The maximum atomic E-state index is 12.8. The Labute approximate surface area is 72.7 Å². The van der Waals surface area contributed by atoms with Crippen LogP contribution in [0.15, 0.2) is 12.3 Å². The highest BCUT2D eigenvalue weighted by molar-refractivity contribution is 6.00. The first kappa shape index (κ1) is 9.27. The zero-order chi connectivity index (χ0) is 9.84. The number of carbonyl (C=O) groups excluding carboxylic acids is 2. The number of aldehydes is 1. The van der Waals surface area contributed by atoms with Crippen LogP contribution in [-0.2, 0) is 0 Å². The number of nitrogens with one attached hydrogen (secondary N) is 1. The lowest BCUT2D eigenvalue weighted by Gasteiger charge is -2.01. The minimum atomic E-state index is -0.990. The number of nitrogens with zero attached hydrogens (tertiary/aromatic N) is 1. The molecule has 6 heteroatoms. The standard InChI is InChI=1S/C7H6FN3O2/c8-6-5(3-12)4(1-2-10-6)7(13)11-9/h1-3H,9H2,(H,11,13). The number of hydrogen-bond acceptors (Lipinski definition) is 4. The topological polar surface area (TPSA) is 85.1 Å². The number of nitrogen functional groups attached to an aromatic ring is 1. The van der Waals surface area contributed by atoms with Crippen molar-refractivity contribution in [2.45, 2.75) is 0 Å². The Kier molecular flexibility index (Phi) is 2.65. The summed E-state index contributed by atoms with van der Waals surface area (Å²) in [6, 6.07) is 1.20. The molecule has 0 aromatic carbocycles. The Hall–Kier alpha value is -1.82. The SMILES string of the molecule is NNC(=O)c1ccnc(F)c1C=O. The van der Waals surface area contributed by atoms with Gasteiger partial charge in [-0.2, -0.15) is 4.39 Å². The lowest BCUT2D eigenvalue weighted by Crippen LogP contribution is -2.31. The van der Waals surface area contributed by atoms with E-state index in [4.69, 9.17) is 5.84 Å². The van der Waals surface area contributed by atoms with Crippen molar-refractivity contribution >= 4 is 12.2 Å². The van der Waals surface area contributed by atoms with Gasteiger partial charge < -0.3 is 0 Å². The first-order valence-corrected chi connectivity index (χ1v) is 3.31. The molecule has 13 heavy (non-hydrogen) atoms. The van der Waals surface area contributed by atoms with Crippen molar-refractivity contribution in [3.63, 3.8) is 0 Å². The van der Waals surface area contributed by atoms with Gasteiger partial charge in [0.25, 0.3) is 5.91 Å². The molecule has 68 valence electrons. The van der Waals surface area contributed by atoms with Crippen molar-refractivity contribution < 1.29 is 14.0 Å². The number of hydrazine groups is 1. The van der Waals surface area contributed by atoms with Crippen LogP contribution in [0.3, 0.4) is 0 Å². The number of rotatable bonds is 2. The van der Waals surface area contributed by atoms with Crippen LogP contribution in [0.2, 0.25) is 0 Å². The van der Waals surface area contributed by atoms with Crippen LogP contribution in [0.25, 0.3) is 0 Å². The smallest absolute Gasteiger partial charge is 0.266 e. The van der Waals surface area contributed by atoms with E-state index in [1.807, 2.05) is 0 Å². The number of halogens is 1. The predicted octanol–water partition coefficient (Wildman–Crippen LogP) is -0.363. The van der Waals surface area contributed by atoms with Gasteiger partial charge in [-0.3, -0.25) is 15.0 Å². The Morgan fingerprint density at radius 1 is 1.69 bits per heavy atom. The van der Waals surface area contributed by atoms with Gasteiger partial charge in [0.15, 0.2) is 6.29 Å². The highest BCUT2D eigenvalue weighted by Gasteiger charge is 2.13. The van der Waals surface area contributed by atoms with E-state index in [0.717, 1.165) is 6.20 Å². The quantitative estimate of drug-likeness (QED) is 0.215. The van der Waals surface area contributed by atoms with E-state index in [0.29, 0.717) is 0 Å². The Morgan fingerprint density at radius 2 is 2.38 bits per heavy atom. The molecule has 0 aliphatic heterocycles. The summed E-state index contributed by atoms with van der Waals surface area (Å²) in [7, 11) is 0. The second-order valence-corrected chi connectivity index (χ2v) is 2.15. The summed E-state index contributed by atoms with van der Waals surface area (Å²) in [6.07, 6.45) is 1.29. The molecular weight excluding hydrogens is 177 g/mol. The van der Waals surface area contributed by atoms with E-state index in [1.165, 1.54) is 6.07 Å². The fraction of sp³-hybridized carbons (Fsp3) is 0. The Morgan fingerprint density at radius 3 is 2.92 bits per heavy atom. The molecule has 0 saturated heterocycles. The number of nitrogens with two attached hydrogens (primary N) is 1. The summed E-state index contributed by atoms with van der Waals surface area (Å²) in [6.45, 7) is 0. The molecule has 0 fully saturated rings. The monoisotopic (exact) mass is 183 g/mol. The number of pyridine rings is 1. The first-order valence-electron chi connectivity index (χ1n) is 3.31. The lowest BCUT2D eigenvalue weighted by atomic mass is 10.1. The van der Waals surface area contributed by atoms with Gasteiger partial charge in [0.2, 0.25) is 5.95 Å². The zero-order valence-electron chi connectivity index (χ0n) is 6.45. The van der Waals surface area contributed by atoms with Crippen molar-refractivity contribution in [2.75, 3.05) is 0 Å². The minimum absolute atomic E-state index is 0.134. The van der Waals surface area contributed by atoms with E-state index >= 15 is 0 Å². The van der Waals surface area contributed by atoms with Crippen molar-refractivity contribution in [3.8, 4) is 0 Å². The molecule has 0 spiro atoms. The molecule has 0 aliphatic carbocycles. The molecule has 1 amide bonds. The minimum Gasteiger partial charge on any atom is -0.298 e. The zero-order valence-corrected chi connectivity index (χ0v) is 6.45. The van der Waals surface area contributed by atoms with Crippen molar-refractivity contribution in [3.05, 3.63) is 29.3 Å². The number of amides is 1. The van der Waals surface area contributed by atoms with Crippen molar-refractivity contribution in [1.82, 2.24) is 10.4 Å². The second kappa shape index (κ2) is 3.72. The predicted molar refractivity (Wildman–Crippen MR) is 41.2 cm³/mol. The number of carbonyl (C=O) groups is 2. The molecule has 1 heterocycles. The normalized spacial score (nSPS) is 9.38. The van der Waals surface area contributed by atoms with Crippen molar-refractivity contribution in [2.24, 2.45) is 5.84 Å². The average Bonchev–Trinajstić information content (AvgIpc) is 2.16. The van der Waals surface area contributed by atoms with Crippen molar-refractivity contribution in [1.29, 1.82) is 0 Å². The lowest BCUT2D eigenvalue weighted by molar-refractivity contribution is 0.0947. The number of hydrogen-bond donors (Lipinski definition) is 2. The van der Waals surface area contributed by atoms with Gasteiger partial charge in [0.1, 0.15) is 0 Å². The summed E-state index contributed by atoms with van der Waals surface area (Å²) in [5.74, 6) is 3.10. The summed E-state index contributed by atoms with van der Waals surface area (Å²) < 4.78 is 12.8. The molecule has 0 radical (unpaired) electrons. The van der Waals surface area contributed by atoms with Gasteiger partial charge >= 0.3 is 0 Å². The third-order valence-corrected chi connectivity index (χ3v) is 1.44. The Balaban J connectivity index is 3.28. The summed E-state index contributed by atoms with van der Waals surface area (Å²) >= 11 is 0. The van der Waals surface area contributed by atoms with Crippen LogP contribution in [0.5, 0.6) is 0 Å². The third-order valence-electron chi connectivity index (χ3n) is 1.44. The highest BCUT2D eigenvalue weighted by Crippen LogP contribution is 2.07. The fourth-order valence-corrected chi connectivity index (χ4v) is 0.836. The molecule has 5 nitrogen and oxygen atoms in total. The molecule has 1 aromatic heterocycles.